The standard InChI is InChI=1S/C13H17FO2/c1-11(14)6-5-9-13(15)16-10-12-7-3-2-4-8-12/h2-4,7-8,11H,5-6,9-10H2,1H3. The van der Waals surface area contributed by atoms with Gasteiger partial charge in [-0.1, -0.05) is 30.3 Å². The molecule has 0 N–H and O–H groups in total. The minimum atomic E-state index is -0.845. The minimum Gasteiger partial charge on any atom is -0.461 e. The SMILES string of the molecule is CC(F)CCCC(=O)OCc1ccccc1. The van der Waals surface area contributed by atoms with Crippen molar-refractivity contribution < 1.29 is 13.9 Å². The first-order valence-corrected chi connectivity index (χ1v) is 5.52. The van der Waals surface area contributed by atoms with Crippen LogP contribution in [0.1, 0.15) is 31.7 Å². The van der Waals surface area contributed by atoms with Crippen LogP contribution < -0.4 is 0 Å². The number of carbonyl (C=O) groups is 1. The molecular weight excluding hydrogens is 207 g/mol. The maximum absolute atomic E-state index is 12.5. The summed E-state index contributed by atoms with van der Waals surface area (Å²) in [5.41, 5.74) is 0.967. The van der Waals surface area contributed by atoms with Crippen molar-refractivity contribution in [3.8, 4) is 0 Å². The summed E-state index contributed by atoms with van der Waals surface area (Å²) in [6.45, 7) is 1.79. The van der Waals surface area contributed by atoms with E-state index >= 15 is 0 Å². The van der Waals surface area contributed by atoms with Crippen molar-refractivity contribution in [3.05, 3.63) is 35.9 Å². The lowest BCUT2D eigenvalue weighted by Gasteiger charge is -2.05. The van der Waals surface area contributed by atoms with E-state index in [1.165, 1.54) is 6.92 Å². The maximum atomic E-state index is 12.5. The van der Waals surface area contributed by atoms with Crippen LogP contribution in [0.25, 0.3) is 0 Å². The molecule has 0 bridgehead atoms. The van der Waals surface area contributed by atoms with Gasteiger partial charge in [-0.2, -0.15) is 0 Å². The monoisotopic (exact) mass is 224 g/mol. The van der Waals surface area contributed by atoms with E-state index in [1.54, 1.807) is 0 Å². The predicted octanol–water partition coefficient (Wildman–Crippen LogP) is 3.26. The smallest absolute Gasteiger partial charge is 0.306 e. The third kappa shape index (κ3) is 5.49. The van der Waals surface area contributed by atoms with Crippen molar-refractivity contribution in [1.82, 2.24) is 0 Å². The molecule has 0 heterocycles. The molecular formula is C13H17FO2. The second-order valence-electron chi connectivity index (χ2n) is 3.82. The first-order chi connectivity index (χ1) is 7.68. The molecule has 0 amide bonds. The molecule has 0 aliphatic carbocycles. The van der Waals surface area contributed by atoms with Gasteiger partial charge in [0.25, 0.3) is 0 Å². The van der Waals surface area contributed by atoms with Crippen molar-refractivity contribution in [2.24, 2.45) is 0 Å². The van der Waals surface area contributed by atoms with Gasteiger partial charge in [0.05, 0.1) is 6.17 Å². The first kappa shape index (κ1) is 12.7. The molecule has 88 valence electrons. The Kier molecular flexibility index (Phi) is 5.54. The van der Waals surface area contributed by atoms with Gasteiger partial charge in [-0.15, -0.1) is 0 Å². The Morgan fingerprint density at radius 1 is 1.38 bits per heavy atom. The van der Waals surface area contributed by atoms with Gasteiger partial charge in [0.2, 0.25) is 0 Å². The van der Waals surface area contributed by atoms with Gasteiger partial charge < -0.3 is 4.74 Å². The van der Waals surface area contributed by atoms with E-state index in [2.05, 4.69) is 0 Å². The second-order valence-corrected chi connectivity index (χ2v) is 3.82. The third-order valence-corrected chi connectivity index (χ3v) is 2.23. The lowest BCUT2D eigenvalue weighted by Crippen LogP contribution is -2.05. The highest BCUT2D eigenvalue weighted by Crippen LogP contribution is 2.06. The quantitative estimate of drug-likeness (QED) is 0.693. The average Bonchev–Trinajstić information content (AvgIpc) is 2.27. The van der Waals surface area contributed by atoms with Crippen molar-refractivity contribution in [2.45, 2.75) is 39.0 Å². The van der Waals surface area contributed by atoms with Crippen molar-refractivity contribution >= 4 is 5.97 Å². The van der Waals surface area contributed by atoms with Crippen LogP contribution in [0.2, 0.25) is 0 Å². The van der Waals surface area contributed by atoms with E-state index < -0.39 is 6.17 Å². The van der Waals surface area contributed by atoms with Crippen LogP contribution in [-0.2, 0) is 16.1 Å². The molecule has 0 aromatic heterocycles. The highest BCUT2D eigenvalue weighted by molar-refractivity contribution is 5.69. The summed E-state index contributed by atoms with van der Waals surface area (Å²) in [6.07, 6.45) is 0.411. The number of halogens is 1. The Morgan fingerprint density at radius 3 is 2.69 bits per heavy atom. The summed E-state index contributed by atoms with van der Waals surface area (Å²) in [5, 5.41) is 0. The van der Waals surface area contributed by atoms with E-state index in [4.69, 9.17) is 4.74 Å². The molecule has 0 aliphatic heterocycles. The summed E-state index contributed by atoms with van der Waals surface area (Å²) in [6, 6.07) is 9.50. The Morgan fingerprint density at radius 2 is 2.06 bits per heavy atom. The van der Waals surface area contributed by atoms with E-state index in [0.717, 1.165) is 5.56 Å². The molecule has 1 rings (SSSR count). The van der Waals surface area contributed by atoms with Crippen LogP contribution in [0.4, 0.5) is 4.39 Å². The first-order valence-electron chi connectivity index (χ1n) is 5.52. The lowest BCUT2D eigenvalue weighted by molar-refractivity contribution is -0.145. The molecule has 0 aliphatic rings. The van der Waals surface area contributed by atoms with Gasteiger partial charge in [-0.3, -0.25) is 4.79 Å². The Balaban J connectivity index is 2.16. The summed E-state index contributed by atoms with van der Waals surface area (Å²) < 4.78 is 17.5. The van der Waals surface area contributed by atoms with Gasteiger partial charge in [0, 0.05) is 6.42 Å². The molecule has 0 radical (unpaired) electrons. The van der Waals surface area contributed by atoms with E-state index in [-0.39, 0.29) is 5.97 Å². The molecule has 1 aromatic carbocycles. The fraction of sp³-hybridized carbons (Fsp3) is 0.462. The number of carbonyl (C=O) groups excluding carboxylic acids is 1. The average molecular weight is 224 g/mol. The number of rotatable bonds is 6. The molecule has 3 heteroatoms. The Hall–Kier alpha value is -1.38. The summed E-state index contributed by atoms with van der Waals surface area (Å²) in [4.78, 5) is 11.3. The van der Waals surface area contributed by atoms with Gasteiger partial charge in [0.15, 0.2) is 0 Å². The Bertz CT molecular complexity index is 309. The van der Waals surface area contributed by atoms with Crippen LogP contribution in [-0.4, -0.2) is 12.1 Å². The molecule has 1 atom stereocenters. The van der Waals surface area contributed by atoms with E-state index in [0.29, 0.717) is 25.9 Å². The van der Waals surface area contributed by atoms with Crippen LogP contribution in [0, 0.1) is 0 Å². The number of esters is 1. The zero-order valence-corrected chi connectivity index (χ0v) is 9.49. The van der Waals surface area contributed by atoms with Gasteiger partial charge >= 0.3 is 5.97 Å². The minimum absolute atomic E-state index is 0.260. The van der Waals surface area contributed by atoms with Gasteiger partial charge in [-0.25, -0.2) is 4.39 Å². The molecule has 0 fully saturated rings. The topological polar surface area (TPSA) is 26.3 Å². The van der Waals surface area contributed by atoms with E-state index in [9.17, 15) is 9.18 Å². The summed E-state index contributed by atoms with van der Waals surface area (Å²) in [7, 11) is 0. The number of benzene rings is 1. The normalized spacial score (nSPS) is 12.1. The summed E-state index contributed by atoms with van der Waals surface area (Å²) >= 11 is 0. The van der Waals surface area contributed by atoms with Crippen LogP contribution in [0.15, 0.2) is 30.3 Å². The summed E-state index contributed by atoms with van der Waals surface area (Å²) in [5.74, 6) is -0.260. The zero-order chi connectivity index (χ0) is 11.8. The Labute approximate surface area is 95.4 Å². The molecule has 2 nitrogen and oxygen atoms in total. The maximum Gasteiger partial charge on any atom is 0.306 e. The molecule has 16 heavy (non-hydrogen) atoms. The van der Waals surface area contributed by atoms with Crippen LogP contribution in [0.3, 0.4) is 0 Å². The van der Waals surface area contributed by atoms with Crippen molar-refractivity contribution in [1.29, 1.82) is 0 Å². The lowest BCUT2D eigenvalue weighted by atomic mass is 10.2. The number of hydrogen-bond acceptors (Lipinski definition) is 2. The van der Waals surface area contributed by atoms with Crippen LogP contribution >= 0.6 is 0 Å². The highest BCUT2D eigenvalue weighted by Gasteiger charge is 2.05. The largest absolute Gasteiger partial charge is 0.461 e. The second kappa shape index (κ2) is 6.99. The van der Waals surface area contributed by atoms with Crippen LogP contribution in [0.5, 0.6) is 0 Å². The molecule has 0 saturated heterocycles. The van der Waals surface area contributed by atoms with E-state index in [1.807, 2.05) is 30.3 Å². The number of alkyl halides is 1. The molecule has 1 unspecified atom stereocenters. The fourth-order valence-electron chi connectivity index (χ4n) is 1.34. The highest BCUT2D eigenvalue weighted by atomic mass is 19.1. The third-order valence-electron chi connectivity index (χ3n) is 2.23. The predicted molar refractivity (Wildman–Crippen MR) is 60.7 cm³/mol. The fourth-order valence-corrected chi connectivity index (χ4v) is 1.34. The molecule has 1 aromatic rings. The van der Waals surface area contributed by atoms with Gasteiger partial charge in [0.1, 0.15) is 6.61 Å². The van der Waals surface area contributed by atoms with Crippen molar-refractivity contribution in [3.63, 3.8) is 0 Å². The molecule has 0 spiro atoms. The molecule has 0 saturated carbocycles. The zero-order valence-electron chi connectivity index (χ0n) is 9.49. The number of hydrogen-bond donors (Lipinski definition) is 0. The van der Waals surface area contributed by atoms with Crippen molar-refractivity contribution in [2.75, 3.05) is 0 Å². The number of ether oxygens (including phenoxy) is 1. The van der Waals surface area contributed by atoms with Gasteiger partial charge in [-0.05, 0) is 25.3 Å².